The summed E-state index contributed by atoms with van der Waals surface area (Å²) in [6.07, 6.45) is 3.26. The van der Waals surface area contributed by atoms with E-state index in [1.165, 1.54) is 0 Å². The van der Waals surface area contributed by atoms with Gasteiger partial charge in [0.1, 0.15) is 6.61 Å². The lowest BCUT2D eigenvalue weighted by molar-refractivity contribution is -0.138. The van der Waals surface area contributed by atoms with Crippen molar-refractivity contribution < 1.29 is 19.4 Å². The Morgan fingerprint density at radius 2 is 2.00 bits per heavy atom. The van der Waals surface area contributed by atoms with Gasteiger partial charge in [0.05, 0.1) is 6.42 Å². The normalized spacial score (nSPS) is 16.6. The minimum Gasteiger partial charge on any atom is -0.481 e. The van der Waals surface area contributed by atoms with Gasteiger partial charge in [-0.05, 0) is 30.2 Å². The molecule has 1 fully saturated rings. The SMILES string of the molecule is CCCC1(C(CC(=O)O)NC(=O)OCc2ccccc2)CC1. The molecule has 1 aliphatic rings. The van der Waals surface area contributed by atoms with Crippen molar-refractivity contribution in [3.05, 3.63) is 35.9 Å². The van der Waals surface area contributed by atoms with Crippen molar-refractivity contribution in [3.8, 4) is 0 Å². The van der Waals surface area contributed by atoms with E-state index in [0.717, 1.165) is 31.2 Å². The number of amides is 1. The molecule has 0 heterocycles. The summed E-state index contributed by atoms with van der Waals surface area (Å²) in [7, 11) is 0. The molecular formula is C17H23NO4. The number of nitrogens with one attached hydrogen (secondary N) is 1. The van der Waals surface area contributed by atoms with Gasteiger partial charge in [-0.15, -0.1) is 0 Å². The number of carboxylic acid groups (broad SMARTS) is 1. The number of carbonyl (C=O) groups is 2. The van der Waals surface area contributed by atoms with Gasteiger partial charge < -0.3 is 15.2 Å². The highest BCUT2D eigenvalue weighted by Crippen LogP contribution is 2.53. The molecule has 2 rings (SSSR count). The largest absolute Gasteiger partial charge is 0.481 e. The number of ether oxygens (including phenoxy) is 1. The Bertz CT molecular complexity index is 511. The highest BCUT2D eigenvalue weighted by Gasteiger charge is 2.49. The van der Waals surface area contributed by atoms with Gasteiger partial charge in [-0.25, -0.2) is 4.79 Å². The second kappa shape index (κ2) is 7.29. The molecule has 22 heavy (non-hydrogen) atoms. The Kier molecular flexibility index (Phi) is 5.41. The van der Waals surface area contributed by atoms with E-state index in [1.807, 2.05) is 30.3 Å². The van der Waals surface area contributed by atoms with Crippen molar-refractivity contribution in [2.45, 2.75) is 51.7 Å². The fraction of sp³-hybridized carbons (Fsp3) is 0.529. The predicted molar refractivity (Wildman–Crippen MR) is 82.4 cm³/mol. The van der Waals surface area contributed by atoms with Gasteiger partial charge in [0.25, 0.3) is 0 Å². The number of aliphatic carboxylic acids is 1. The molecule has 0 spiro atoms. The summed E-state index contributed by atoms with van der Waals surface area (Å²) in [6.45, 7) is 2.26. The zero-order valence-electron chi connectivity index (χ0n) is 12.9. The second-order valence-electron chi connectivity index (χ2n) is 5.97. The molecule has 1 atom stereocenters. The Balaban J connectivity index is 1.89. The van der Waals surface area contributed by atoms with Crippen LogP contribution in [0.5, 0.6) is 0 Å². The van der Waals surface area contributed by atoms with Crippen LogP contribution in [0.25, 0.3) is 0 Å². The number of carboxylic acids is 1. The zero-order chi connectivity index (χ0) is 16.0. The monoisotopic (exact) mass is 305 g/mol. The second-order valence-corrected chi connectivity index (χ2v) is 5.97. The van der Waals surface area contributed by atoms with Crippen molar-refractivity contribution in [1.29, 1.82) is 0 Å². The van der Waals surface area contributed by atoms with E-state index in [0.29, 0.717) is 0 Å². The molecule has 0 bridgehead atoms. The van der Waals surface area contributed by atoms with Crippen LogP contribution >= 0.6 is 0 Å². The highest BCUT2D eigenvalue weighted by molar-refractivity contribution is 5.71. The van der Waals surface area contributed by atoms with Crippen LogP contribution in [-0.4, -0.2) is 23.2 Å². The Morgan fingerprint density at radius 3 is 2.55 bits per heavy atom. The van der Waals surface area contributed by atoms with Gasteiger partial charge >= 0.3 is 12.1 Å². The lowest BCUT2D eigenvalue weighted by atomic mass is 9.89. The maximum absolute atomic E-state index is 12.0. The summed E-state index contributed by atoms with van der Waals surface area (Å²) in [5.74, 6) is -0.893. The smallest absolute Gasteiger partial charge is 0.407 e. The molecule has 2 N–H and O–H groups in total. The first-order chi connectivity index (χ1) is 10.6. The van der Waals surface area contributed by atoms with E-state index < -0.39 is 12.1 Å². The van der Waals surface area contributed by atoms with E-state index >= 15 is 0 Å². The molecule has 1 amide bonds. The molecule has 1 aliphatic carbocycles. The molecular weight excluding hydrogens is 282 g/mol. The third-order valence-corrected chi connectivity index (χ3v) is 4.26. The Morgan fingerprint density at radius 1 is 1.32 bits per heavy atom. The fourth-order valence-electron chi connectivity index (χ4n) is 2.93. The molecule has 1 unspecified atom stereocenters. The minimum atomic E-state index is -0.893. The molecule has 1 saturated carbocycles. The fourth-order valence-corrected chi connectivity index (χ4v) is 2.93. The van der Waals surface area contributed by atoms with Crippen molar-refractivity contribution in [1.82, 2.24) is 5.32 Å². The Labute approximate surface area is 130 Å². The quantitative estimate of drug-likeness (QED) is 0.772. The molecule has 0 aliphatic heterocycles. The molecule has 5 nitrogen and oxygen atoms in total. The van der Waals surface area contributed by atoms with E-state index in [4.69, 9.17) is 9.84 Å². The number of hydrogen-bond donors (Lipinski definition) is 2. The van der Waals surface area contributed by atoms with E-state index in [9.17, 15) is 9.59 Å². The van der Waals surface area contributed by atoms with Gasteiger partial charge in [-0.3, -0.25) is 4.79 Å². The van der Waals surface area contributed by atoms with E-state index in [-0.39, 0.29) is 24.5 Å². The first-order valence-corrected chi connectivity index (χ1v) is 7.75. The maximum atomic E-state index is 12.0. The maximum Gasteiger partial charge on any atom is 0.407 e. The average molecular weight is 305 g/mol. The van der Waals surface area contributed by atoms with Gasteiger partial charge in [0, 0.05) is 6.04 Å². The molecule has 1 aromatic carbocycles. The van der Waals surface area contributed by atoms with Crippen LogP contribution in [-0.2, 0) is 16.1 Å². The number of rotatable bonds is 8. The Hall–Kier alpha value is -2.04. The van der Waals surface area contributed by atoms with Gasteiger partial charge in [-0.2, -0.15) is 0 Å². The van der Waals surface area contributed by atoms with Gasteiger partial charge in [0.2, 0.25) is 0 Å². The average Bonchev–Trinajstić information content (AvgIpc) is 3.26. The van der Waals surface area contributed by atoms with Crippen LogP contribution < -0.4 is 5.32 Å². The standard InChI is InChI=1S/C17H23NO4/c1-2-8-17(9-10-17)14(11-15(19)20)18-16(21)22-12-13-6-4-3-5-7-13/h3-7,14H,2,8-12H2,1H3,(H,18,21)(H,19,20). The number of hydrogen-bond acceptors (Lipinski definition) is 3. The summed E-state index contributed by atoms with van der Waals surface area (Å²) >= 11 is 0. The van der Waals surface area contributed by atoms with Crippen molar-refractivity contribution in [2.75, 3.05) is 0 Å². The first-order valence-electron chi connectivity index (χ1n) is 7.75. The minimum absolute atomic E-state index is 0.0551. The van der Waals surface area contributed by atoms with E-state index in [2.05, 4.69) is 12.2 Å². The molecule has 1 aromatic rings. The summed E-state index contributed by atoms with van der Waals surface area (Å²) in [4.78, 5) is 23.0. The van der Waals surface area contributed by atoms with Crippen LogP contribution in [0.2, 0.25) is 0 Å². The molecule has 5 heteroatoms. The van der Waals surface area contributed by atoms with Crippen molar-refractivity contribution in [2.24, 2.45) is 5.41 Å². The topological polar surface area (TPSA) is 75.6 Å². The molecule has 0 saturated heterocycles. The van der Waals surface area contributed by atoms with E-state index in [1.54, 1.807) is 0 Å². The number of alkyl carbamates (subject to hydrolysis) is 1. The van der Waals surface area contributed by atoms with Crippen LogP contribution in [0.4, 0.5) is 4.79 Å². The lowest BCUT2D eigenvalue weighted by Crippen LogP contribution is -2.43. The predicted octanol–water partition coefficient (Wildman–Crippen LogP) is 3.34. The molecule has 0 aromatic heterocycles. The highest BCUT2D eigenvalue weighted by atomic mass is 16.5. The lowest BCUT2D eigenvalue weighted by Gasteiger charge is -2.26. The zero-order valence-corrected chi connectivity index (χ0v) is 12.9. The van der Waals surface area contributed by atoms with Gasteiger partial charge in [0.15, 0.2) is 0 Å². The molecule has 120 valence electrons. The van der Waals surface area contributed by atoms with Crippen molar-refractivity contribution >= 4 is 12.1 Å². The number of benzene rings is 1. The summed E-state index contributed by atoms with van der Waals surface area (Å²) < 4.78 is 5.20. The van der Waals surface area contributed by atoms with Crippen LogP contribution in [0, 0.1) is 5.41 Å². The third-order valence-electron chi connectivity index (χ3n) is 4.26. The van der Waals surface area contributed by atoms with Gasteiger partial charge in [-0.1, -0.05) is 43.7 Å². The summed E-state index contributed by atoms with van der Waals surface area (Å²) in [5.41, 5.74) is 0.848. The molecule has 0 radical (unpaired) electrons. The number of carbonyl (C=O) groups excluding carboxylic acids is 1. The third kappa shape index (κ3) is 4.48. The van der Waals surface area contributed by atoms with Crippen LogP contribution in [0.1, 0.15) is 44.6 Å². The summed E-state index contributed by atoms with van der Waals surface area (Å²) in [5, 5.41) is 11.8. The van der Waals surface area contributed by atoms with Crippen molar-refractivity contribution in [3.63, 3.8) is 0 Å². The first kappa shape index (κ1) is 16.3. The van der Waals surface area contributed by atoms with Crippen LogP contribution in [0.15, 0.2) is 30.3 Å². The summed E-state index contributed by atoms with van der Waals surface area (Å²) in [6, 6.07) is 9.05. The van der Waals surface area contributed by atoms with Crippen LogP contribution in [0.3, 0.4) is 0 Å².